The molecule has 1 aliphatic rings. The Kier molecular flexibility index (Phi) is 1.36. The first-order valence-corrected chi connectivity index (χ1v) is 2.78. The van der Waals surface area contributed by atoms with E-state index in [0.29, 0.717) is 5.75 Å². The zero-order chi connectivity index (χ0) is 5.11. The number of carbonyl (C=O) groups is 1. The third-order valence-corrected chi connectivity index (χ3v) is 1.23. The van der Waals surface area contributed by atoms with Crippen LogP contribution in [0.1, 0.15) is 0 Å². The third kappa shape index (κ3) is 1.23. The molecule has 0 saturated carbocycles. The molecule has 1 heterocycles. The number of rotatable bonds is 0. The highest BCUT2D eigenvalue weighted by atomic mass is 32.2. The molecule has 0 aliphatic carbocycles. The van der Waals surface area contributed by atoms with Gasteiger partial charge in [0.25, 0.3) is 0 Å². The van der Waals surface area contributed by atoms with Gasteiger partial charge in [0.15, 0.2) is 5.78 Å². The van der Waals surface area contributed by atoms with Crippen LogP contribution < -0.4 is 0 Å². The summed E-state index contributed by atoms with van der Waals surface area (Å²) in [6.45, 7) is 0. The van der Waals surface area contributed by atoms with Crippen molar-refractivity contribution in [2.45, 2.75) is 0 Å². The standard InChI is InChI=1S/C4H4O2S/c5-4-1-2-6-7-3-4/h1-2H,3H2. The molecule has 0 aromatic heterocycles. The first-order valence-electron chi connectivity index (χ1n) is 1.87. The lowest BCUT2D eigenvalue weighted by Crippen LogP contribution is -1.99. The molecular weight excluding hydrogens is 112 g/mol. The van der Waals surface area contributed by atoms with E-state index in [9.17, 15) is 4.79 Å². The van der Waals surface area contributed by atoms with Gasteiger partial charge in [-0.2, -0.15) is 0 Å². The fourth-order valence-corrected chi connectivity index (χ4v) is 0.698. The summed E-state index contributed by atoms with van der Waals surface area (Å²) in [5.74, 6) is 0.576. The van der Waals surface area contributed by atoms with Crippen LogP contribution in [0.15, 0.2) is 12.3 Å². The Hall–Kier alpha value is -0.440. The molecule has 0 bridgehead atoms. The van der Waals surface area contributed by atoms with Gasteiger partial charge in [-0.05, 0) is 0 Å². The molecule has 7 heavy (non-hydrogen) atoms. The van der Waals surface area contributed by atoms with Crippen LogP contribution in [0.3, 0.4) is 0 Å². The molecule has 0 aromatic rings. The molecular formula is C4H4O2S. The van der Waals surface area contributed by atoms with Crippen molar-refractivity contribution in [2.75, 3.05) is 5.75 Å². The van der Waals surface area contributed by atoms with Gasteiger partial charge >= 0.3 is 0 Å². The van der Waals surface area contributed by atoms with Crippen molar-refractivity contribution in [1.82, 2.24) is 0 Å². The molecule has 38 valence electrons. The number of hydrogen-bond acceptors (Lipinski definition) is 3. The summed E-state index contributed by atoms with van der Waals surface area (Å²) >= 11 is 1.17. The van der Waals surface area contributed by atoms with Crippen molar-refractivity contribution in [2.24, 2.45) is 0 Å². The van der Waals surface area contributed by atoms with Crippen LogP contribution in [0.5, 0.6) is 0 Å². The quantitative estimate of drug-likeness (QED) is 0.437. The second-order valence-electron chi connectivity index (χ2n) is 1.13. The molecule has 0 amide bonds. The zero-order valence-electron chi connectivity index (χ0n) is 3.59. The monoisotopic (exact) mass is 116 g/mol. The van der Waals surface area contributed by atoms with E-state index >= 15 is 0 Å². The van der Waals surface area contributed by atoms with E-state index in [1.807, 2.05) is 0 Å². The van der Waals surface area contributed by atoms with Gasteiger partial charge < -0.3 is 4.18 Å². The summed E-state index contributed by atoms with van der Waals surface area (Å²) in [6, 6.07) is 0. The molecule has 0 N–H and O–H groups in total. The molecule has 0 saturated heterocycles. The Bertz CT molecular complexity index is 108. The predicted octanol–water partition coefficient (Wildman–Crippen LogP) is 0.748. The second-order valence-corrected chi connectivity index (χ2v) is 1.84. The van der Waals surface area contributed by atoms with E-state index in [0.717, 1.165) is 0 Å². The van der Waals surface area contributed by atoms with Crippen LogP contribution in [-0.4, -0.2) is 11.5 Å². The van der Waals surface area contributed by atoms with Gasteiger partial charge in [-0.25, -0.2) is 0 Å². The van der Waals surface area contributed by atoms with E-state index in [2.05, 4.69) is 4.18 Å². The lowest BCUT2D eigenvalue weighted by molar-refractivity contribution is -0.112. The second kappa shape index (κ2) is 2.02. The summed E-state index contributed by atoms with van der Waals surface area (Å²) in [4.78, 5) is 10.3. The Morgan fingerprint density at radius 2 is 2.71 bits per heavy atom. The number of allylic oxidation sites excluding steroid dienone is 1. The van der Waals surface area contributed by atoms with Gasteiger partial charge in [0.1, 0.15) is 6.26 Å². The van der Waals surface area contributed by atoms with Gasteiger partial charge in [0.05, 0.1) is 17.8 Å². The fourth-order valence-electron chi connectivity index (χ4n) is 0.283. The Balaban J connectivity index is 2.51. The van der Waals surface area contributed by atoms with Gasteiger partial charge in [0.2, 0.25) is 0 Å². The molecule has 0 spiro atoms. The molecule has 0 aromatic carbocycles. The average Bonchev–Trinajstić information content (AvgIpc) is 1.69. The van der Waals surface area contributed by atoms with Crippen molar-refractivity contribution >= 4 is 17.8 Å². The van der Waals surface area contributed by atoms with Crippen LogP contribution in [0.2, 0.25) is 0 Å². The normalized spacial score (nSPS) is 19.1. The lowest BCUT2D eigenvalue weighted by Gasteiger charge is -1.98. The molecule has 0 unspecified atom stereocenters. The fraction of sp³-hybridized carbons (Fsp3) is 0.250. The van der Waals surface area contributed by atoms with Crippen molar-refractivity contribution in [3.05, 3.63) is 12.3 Å². The number of carbonyl (C=O) groups excluding carboxylic acids is 1. The van der Waals surface area contributed by atoms with E-state index in [-0.39, 0.29) is 5.78 Å². The summed E-state index contributed by atoms with van der Waals surface area (Å²) in [6.07, 6.45) is 2.83. The molecule has 0 atom stereocenters. The van der Waals surface area contributed by atoms with Gasteiger partial charge in [-0.3, -0.25) is 4.79 Å². The maximum atomic E-state index is 10.3. The largest absolute Gasteiger partial charge is 0.433 e. The summed E-state index contributed by atoms with van der Waals surface area (Å²) in [5.41, 5.74) is 0. The maximum Gasteiger partial charge on any atom is 0.172 e. The molecule has 3 heteroatoms. The van der Waals surface area contributed by atoms with Gasteiger partial charge in [-0.1, -0.05) is 0 Å². The summed E-state index contributed by atoms with van der Waals surface area (Å²) < 4.78 is 4.66. The first-order chi connectivity index (χ1) is 3.39. The van der Waals surface area contributed by atoms with E-state index in [4.69, 9.17) is 0 Å². The highest BCUT2D eigenvalue weighted by Gasteiger charge is 2.00. The highest BCUT2D eigenvalue weighted by molar-refractivity contribution is 7.95. The van der Waals surface area contributed by atoms with Gasteiger partial charge in [0, 0.05) is 6.08 Å². The first kappa shape index (κ1) is 4.71. The number of hydrogen-bond donors (Lipinski definition) is 0. The van der Waals surface area contributed by atoms with E-state index in [1.165, 1.54) is 24.4 Å². The Labute approximate surface area is 45.7 Å². The van der Waals surface area contributed by atoms with E-state index in [1.54, 1.807) is 0 Å². The molecule has 0 radical (unpaired) electrons. The summed E-state index contributed by atoms with van der Waals surface area (Å²) in [7, 11) is 0. The van der Waals surface area contributed by atoms with E-state index < -0.39 is 0 Å². The minimum absolute atomic E-state index is 0.122. The van der Waals surface area contributed by atoms with Crippen LogP contribution in [0.4, 0.5) is 0 Å². The molecule has 2 nitrogen and oxygen atoms in total. The number of ketones is 1. The van der Waals surface area contributed by atoms with Crippen molar-refractivity contribution < 1.29 is 8.98 Å². The lowest BCUT2D eigenvalue weighted by atomic mass is 10.4. The SMILES string of the molecule is O=C1C=COSC1. The minimum Gasteiger partial charge on any atom is -0.433 e. The van der Waals surface area contributed by atoms with Crippen molar-refractivity contribution in [3.63, 3.8) is 0 Å². The Morgan fingerprint density at radius 3 is 3.00 bits per heavy atom. The summed E-state index contributed by atoms with van der Waals surface area (Å²) in [5, 5.41) is 0. The highest BCUT2D eigenvalue weighted by Crippen LogP contribution is 2.07. The van der Waals surface area contributed by atoms with Crippen LogP contribution >= 0.6 is 12.0 Å². The van der Waals surface area contributed by atoms with Crippen molar-refractivity contribution in [3.8, 4) is 0 Å². The van der Waals surface area contributed by atoms with Crippen LogP contribution in [0.25, 0.3) is 0 Å². The molecule has 1 aliphatic heterocycles. The van der Waals surface area contributed by atoms with Crippen molar-refractivity contribution in [1.29, 1.82) is 0 Å². The zero-order valence-corrected chi connectivity index (χ0v) is 4.40. The van der Waals surface area contributed by atoms with Crippen LogP contribution in [-0.2, 0) is 8.98 Å². The molecule has 1 rings (SSSR count). The average molecular weight is 116 g/mol. The van der Waals surface area contributed by atoms with Gasteiger partial charge in [-0.15, -0.1) is 0 Å². The Morgan fingerprint density at radius 1 is 1.86 bits per heavy atom. The minimum atomic E-state index is 0.122. The predicted molar refractivity (Wildman–Crippen MR) is 27.7 cm³/mol. The maximum absolute atomic E-state index is 10.3. The van der Waals surface area contributed by atoms with Crippen LogP contribution in [0, 0.1) is 0 Å². The smallest absolute Gasteiger partial charge is 0.172 e. The third-order valence-electron chi connectivity index (χ3n) is 0.579. The molecule has 0 fully saturated rings. The topological polar surface area (TPSA) is 26.3 Å².